The monoisotopic (exact) mass is 234 g/mol. The van der Waals surface area contributed by atoms with Crippen molar-refractivity contribution in [3.05, 3.63) is 35.9 Å². The zero-order chi connectivity index (χ0) is 12.3. The fourth-order valence-electron chi connectivity index (χ4n) is 1.61. The van der Waals surface area contributed by atoms with Crippen molar-refractivity contribution in [3.63, 3.8) is 0 Å². The molecule has 0 aromatic heterocycles. The van der Waals surface area contributed by atoms with Gasteiger partial charge in [-0.15, -0.1) is 0 Å². The van der Waals surface area contributed by atoms with Crippen molar-refractivity contribution in [1.82, 2.24) is 0 Å². The lowest BCUT2D eigenvalue weighted by Gasteiger charge is -2.08. The number of rotatable bonds is 2. The van der Waals surface area contributed by atoms with Gasteiger partial charge in [-0.2, -0.15) is 0 Å². The van der Waals surface area contributed by atoms with Crippen LogP contribution in [0.25, 0.3) is 0 Å². The Balaban J connectivity index is 2.18. The lowest BCUT2D eigenvalue weighted by Crippen LogP contribution is -2.24. The predicted molar refractivity (Wildman–Crippen MR) is 55.7 cm³/mol. The van der Waals surface area contributed by atoms with E-state index in [0.29, 0.717) is 5.56 Å². The van der Waals surface area contributed by atoms with Crippen LogP contribution in [0.15, 0.2) is 30.3 Å². The van der Waals surface area contributed by atoms with Gasteiger partial charge in [-0.3, -0.25) is 4.79 Å². The van der Waals surface area contributed by atoms with Crippen LogP contribution in [-0.4, -0.2) is 17.7 Å². The number of ketones is 1. The molecular formula is C12H10O5. The third-order valence-electron chi connectivity index (χ3n) is 2.51. The first-order valence-corrected chi connectivity index (χ1v) is 5.19. The molecular weight excluding hydrogens is 224 g/mol. The van der Waals surface area contributed by atoms with Gasteiger partial charge in [-0.1, -0.05) is 30.3 Å². The Morgan fingerprint density at radius 3 is 2.53 bits per heavy atom. The standard InChI is InChI=1S/C12H10O5/c13-10-7-6-9(12(15)17-16-10)11(14)8-4-2-1-3-5-8/h1-5,9H,6-7H2. The molecule has 0 aliphatic carbocycles. The predicted octanol–water partition coefficient (Wildman–Crippen LogP) is 1.28. The van der Waals surface area contributed by atoms with E-state index in [0.717, 1.165) is 0 Å². The molecule has 88 valence electrons. The van der Waals surface area contributed by atoms with Gasteiger partial charge in [0.15, 0.2) is 5.78 Å². The summed E-state index contributed by atoms with van der Waals surface area (Å²) < 4.78 is 0. The van der Waals surface area contributed by atoms with Crippen molar-refractivity contribution >= 4 is 17.7 Å². The van der Waals surface area contributed by atoms with E-state index >= 15 is 0 Å². The quantitative estimate of drug-likeness (QED) is 0.438. The van der Waals surface area contributed by atoms with E-state index in [1.54, 1.807) is 30.3 Å². The number of hydrogen-bond donors (Lipinski definition) is 0. The van der Waals surface area contributed by atoms with Crippen LogP contribution in [-0.2, 0) is 19.4 Å². The molecule has 0 bridgehead atoms. The minimum atomic E-state index is -0.969. The molecule has 0 amide bonds. The Bertz CT molecular complexity index is 451. The van der Waals surface area contributed by atoms with Crippen LogP contribution in [0.2, 0.25) is 0 Å². The molecule has 0 spiro atoms. The van der Waals surface area contributed by atoms with Gasteiger partial charge in [-0.05, 0) is 6.42 Å². The molecule has 1 atom stereocenters. The Kier molecular flexibility index (Phi) is 3.18. The van der Waals surface area contributed by atoms with Gasteiger partial charge in [0.2, 0.25) is 0 Å². The van der Waals surface area contributed by atoms with E-state index in [-0.39, 0.29) is 18.6 Å². The summed E-state index contributed by atoms with van der Waals surface area (Å²) in [6, 6.07) is 8.41. The first-order chi connectivity index (χ1) is 8.18. The summed E-state index contributed by atoms with van der Waals surface area (Å²) in [5.74, 6) is -2.77. The first kappa shape index (κ1) is 11.3. The first-order valence-electron chi connectivity index (χ1n) is 5.19. The van der Waals surface area contributed by atoms with Crippen molar-refractivity contribution in [2.75, 3.05) is 0 Å². The minimum Gasteiger partial charge on any atom is -0.293 e. The maximum atomic E-state index is 12.0. The van der Waals surface area contributed by atoms with Crippen LogP contribution in [0.4, 0.5) is 0 Å². The number of carbonyl (C=O) groups excluding carboxylic acids is 3. The van der Waals surface area contributed by atoms with Crippen LogP contribution in [0.1, 0.15) is 23.2 Å². The number of Topliss-reactive ketones (excluding diaryl/α,β-unsaturated/α-hetero) is 1. The largest absolute Gasteiger partial charge is 0.366 e. The lowest BCUT2D eigenvalue weighted by molar-refractivity contribution is -0.256. The molecule has 0 saturated carbocycles. The van der Waals surface area contributed by atoms with Crippen LogP contribution in [0.3, 0.4) is 0 Å². The summed E-state index contributed by atoms with van der Waals surface area (Å²) in [5.41, 5.74) is 0.420. The summed E-state index contributed by atoms with van der Waals surface area (Å²) in [6.07, 6.45) is 0.111. The number of benzene rings is 1. The zero-order valence-electron chi connectivity index (χ0n) is 8.92. The van der Waals surface area contributed by atoms with Crippen LogP contribution < -0.4 is 0 Å². The fourth-order valence-corrected chi connectivity index (χ4v) is 1.61. The van der Waals surface area contributed by atoms with Crippen molar-refractivity contribution in [2.24, 2.45) is 5.92 Å². The highest BCUT2D eigenvalue weighted by Gasteiger charge is 2.34. The third-order valence-corrected chi connectivity index (χ3v) is 2.51. The molecule has 1 aliphatic rings. The lowest BCUT2D eigenvalue weighted by atomic mass is 9.93. The molecule has 5 nitrogen and oxygen atoms in total. The van der Waals surface area contributed by atoms with Gasteiger partial charge >= 0.3 is 11.9 Å². The Morgan fingerprint density at radius 2 is 1.82 bits per heavy atom. The van der Waals surface area contributed by atoms with E-state index in [1.807, 2.05) is 0 Å². The summed E-state index contributed by atoms with van der Waals surface area (Å²) in [4.78, 5) is 42.8. The fraction of sp³-hybridized carbons (Fsp3) is 0.250. The summed E-state index contributed by atoms with van der Waals surface area (Å²) in [6.45, 7) is 0. The van der Waals surface area contributed by atoms with E-state index in [9.17, 15) is 14.4 Å². The van der Waals surface area contributed by atoms with E-state index in [1.165, 1.54) is 0 Å². The second kappa shape index (κ2) is 4.78. The van der Waals surface area contributed by atoms with Crippen LogP contribution in [0.5, 0.6) is 0 Å². The van der Waals surface area contributed by atoms with Crippen LogP contribution >= 0.6 is 0 Å². The Labute approximate surface area is 97.3 Å². The van der Waals surface area contributed by atoms with Crippen molar-refractivity contribution in [1.29, 1.82) is 0 Å². The third kappa shape index (κ3) is 2.50. The number of carbonyl (C=O) groups is 3. The smallest absolute Gasteiger partial charge is 0.293 e. The molecule has 1 saturated heterocycles. The molecule has 1 fully saturated rings. The normalized spacial score (nSPS) is 20.1. The van der Waals surface area contributed by atoms with Gasteiger partial charge in [0.1, 0.15) is 5.92 Å². The van der Waals surface area contributed by atoms with Crippen molar-refractivity contribution < 1.29 is 24.2 Å². The number of hydrogen-bond acceptors (Lipinski definition) is 5. The molecule has 1 unspecified atom stereocenters. The second-order valence-electron chi connectivity index (χ2n) is 3.68. The molecule has 2 rings (SSSR count). The molecule has 0 N–H and O–H groups in total. The highest BCUT2D eigenvalue weighted by molar-refractivity contribution is 6.08. The van der Waals surface area contributed by atoms with Gasteiger partial charge in [-0.25, -0.2) is 19.4 Å². The molecule has 1 aromatic carbocycles. The van der Waals surface area contributed by atoms with E-state index < -0.39 is 17.9 Å². The average Bonchev–Trinajstić information content (AvgIpc) is 2.52. The maximum Gasteiger partial charge on any atom is 0.366 e. The topological polar surface area (TPSA) is 69.7 Å². The van der Waals surface area contributed by atoms with Gasteiger partial charge < -0.3 is 0 Å². The van der Waals surface area contributed by atoms with E-state index in [2.05, 4.69) is 9.78 Å². The van der Waals surface area contributed by atoms with Gasteiger partial charge in [0.25, 0.3) is 0 Å². The van der Waals surface area contributed by atoms with E-state index in [4.69, 9.17) is 0 Å². The Morgan fingerprint density at radius 1 is 1.12 bits per heavy atom. The molecule has 1 aromatic rings. The van der Waals surface area contributed by atoms with Gasteiger partial charge in [0.05, 0.1) is 6.42 Å². The summed E-state index contributed by atoms with van der Waals surface area (Å²) in [5, 5.41) is 0. The average molecular weight is 234 g/mol. The minimum absolute atomic E-state index is 0.00498. The second-order valence-corrected chi connectivity index (χ2v) is 3.68. The summed E-state index contributed by atoms with van der Waals surface area (Å²) in [7, 11) is 0. The SMILES string of the molecule is O=C1CCC(C(=O)c2ccccc2)C(=O)OO1. The van der Waals surface area contributed by atoms with Gasteiger partial charge in [0, 0.05) is 5.56 Å². The van der Waals surface area contributed by atoms with Crippen molar-refractivity contribution in [2.45, 2.75) is 12.8 Å². The molecule has 1 aliphatic heterocycles. The highest BCUT2D eigenvalue weighted by Crippen LogP contribution is 2.19. The maximum absolute atomic E-state index is 12.0. The molecule has 1 heterocycles. The Hall–Kier alpha value is -2.17. The van der Waals surface area contributed by atoms with Crippen molar-refractivity contribution in [3.8, 4) is 0 Å². The molecule has 17 heavy (non-hydrogen) atoms. The highest BCUT2D eigenvalue weighted by atomic mass is 17.2. The zero-order valence-corrected chi connectivity index (χ0v) is 8.92. The summed E-state index contributed by atoms with van der Waals surface area (Å²) >= 11 is 0. The molecule has 0 radical (unpaired) electrons. The van der Waals surface area contributed by atoms with Crippen LogP contribution in [0, 0.1) is 5.92 Å². The molecule has 5 heteroatoms.